The smallest absolute Gasteiger partial charge is 0.227 e. The topological polar surface area (TPSA) is 82.0 Å². The van der Waals surface area contributed by atoms with Crippen LogP contribution in [0.25, 0.3) is 0 Å². The van der Waals surface area contributed by atoms with Crippen LogP contribution >= 0.6 is 0 Å². The van der Waals surface area contributed by atoms with Gasteiger partial charge in [-0.15, -0.1) is 0 Å². The molecule has 12 heavy (non-hydrogen) atoms. The van der Waals surface area contributed by atoms with Crippen LogP contribution in [0.4, 0.5) is 0 Å². The Hall–Kier alpha value is -0.640. The van der Waals surface area contributed by atoms with E-state index in [0.29, 0.717) is 13.1 Å². The SMILES string of the molecule is CNCCNS(=O)(=O)C(C)C#N. The summed E-state index contributed by atoms with van der Waals surface area (Å²) in [7, 11) is -1.71. The van der Waals surface area contributed by atoms with Crippen molar-refractivity contribution in [1.82, 2.24) is 10.0 Å². The zero-order chi connectivity index (χ0) is 9.61. The number of nitriles is 1. The van der Waals surface area contributed by atoms with Crippen LogP contribution in [0.1, 0.15) is 6.92 Å². The molecule has 1 atom stereocenters. The van der Waals surface area contributed by atoms with E-state index in [1.807, 2.05) is 0 Å². The van der Waals surface area contributed by atoms with E-state index >= 15 is 0 Å². The standard InChI is InChI=1S/C6H13N3O2S/c1-6(5-7)12(10,11)9-4-3-8-2/h6,8-9H,3-4H2,1-2H3. The molecular weight excluding hydrogens is 178 g/mol. The molecule has 0 heterocycles. The highest BCUT2D eigenvalue weighted by atomic mass is 32.2. The van der Waals surface area contributed by atoms with Gasteiger partial charge in [0.15, 0.2) is 5.25 Å². The summed E-state index contributed by atoms with van der Waals surface area (Å²) in [6.45, 7) is 2.21. The van der Waals surface area contributed by atoms with Gasteiger partial charge in [0.1, 0.15) is 0 Å². The van der Waals surface area contributed by atoms with Gasteiger partial charge in [-0.05, 0) is 14.0 Å². The molecule has 1 unspecified atom stereocenters. The van der Waals surface area contributed by atoms with Crippen molar-refractivity contribution in [3.05, 3.63) is 0 Å². The second-order valence-electron chi connectivity index (χ2n) is 2.31. The molecule has 5 nitrogen and oxygen atoms in total. The maximum absolute atomic E-state index is 11.1. The Balaban J connectivity index is 3.99. The van der Waals surface area contributed by atoms with Crippen LogP contribution in [0.5, 0.6) is 0 Å². The molecule has 0 saturated carbocycles. The molecule has 0 fully saturated rings. The molecule has 0 spiro atoms. The minimum atomic E-state index is -3.43. The molecule has 70 valence electrons. The summed E-state index contributed by atoms with van der Waals surface area (Å²) in [5.41, 5.74) is 0. The van der Waals surface area contributed by atoms with Crippen molar-refractivity contribution in [3.63, 3.8) is 0 Å². The molecule has 0 aromatic heterocycles. The summed E-state index contributed by atoms with van der Waals surface area (Å²) in [6, 6.07) is 1.66. The van der Waals surface area contributed by atoms with Crippen molar-refractivity contribution >= 4 is 10.0 Å². The Morgan fingerprint density at radius 1 is 1.50 bits per heavy atom. The molecular formula is C6H13N3O2S. The van der Waals surface area contributed by atoms with E-state index in [1.165, 1.54) is 6.92 Å². The van der Waals surface area contributed by atoms with Crippen molar-refractivity contribution in [1.29, 1.82) is 5.26 Å². The Morgan fingerprint density at radius 3 is 2.50 bits per heavy atom. The maximum atomic E-state index is 11.1. The minimum Gasteiger partial charge on any atom is -0.318 e. The third-order valence-electron chi connectivity index (χ3n) is 1.33. The van der Waals surface area contributed by atoms with E-state index in [4.69, 9.17) is 5.26 Å². The van der Waals surface area contributed by atoms with E-state index in [0.717, 1.165) is 0 Å². The third kappa shape index (κ3) is 3.67. The number of hydrogen-bond donors (Lipinski definition) is 2. The van der Waals surface area contributed by atoms with Crippen LogP contribution in [-0.2, 0) is 10.0 Å². The fourth-order valence-corrected chi connectivity index (χ4v) is 1.29. The Bertz CT molecular complexity index is 254. The minimum absolute atomic E-state index is 0.310. The van der Waals surface area contributed by atoms with Crippen LogP contribution in [0.15, 0.2) is 0 Å². The number of hydrogen-bond acceptors (Lipinski definition) is 4. The number of rotatable bonds is 5. The van der Waals surface area contributed by atoms with Crippen molar-refractivity contribution < 1.29 is 8.42 Å². The van der Waals surface area contributed by atoms with Crippen LogP contribution in [0.3, 0.4) is 0 Å². The first kappa shape index (κ1) is 11.4. The summed E-state index contributed by atoms with van der Waals surface area (Å²) in [6.07, 6.45) is 0. The number of nitrogens with zero attached hydrogens (tertiary/aromatic N) is 1. The summed E-state index contributed by atoms with van der Waals surface area (Å²) in [5.74, 6) is 0. The van der Waals surface area contributed by atoms with Gasteiger partial charge >= 0.3 is 0 Å². The molecule has 0 saturated heterocycles. The second-order valence-corrected chi connectivity index (χ2v) is 4.40. The molecule has 2 N–H and O–H groups in total. The fourth-order valence-electron chi connectivity index (χ4n) is 0.513. The van der Waals surface area contributed by atoms with Gasteiger partial charge in [-0.3, -0.25) is 0 Å². The summed E-state index contributed by atoms with van der Waals surface area (Å²) in [4.78, 5) is 0. The first-order valence-electron chi connectivity index (χ1n) is 3.57. The van der Waals surface area contributed by atoms with Gasteiger partial charge in [0.2, 0.25) is 10.0 Å². The first-order valence-corrected chi connectivity index (χ1v) is 5.12. The van der Waals surface area contributed by atoms with Crippen LogP contribution < -0.4 is 10.0 Å². The van der Waals surface area contributed by atoms with E-state index in [-0.39, 0.29) is 0 Å². The lowest BCUT2D eigenvalue weighted by atomic mass is 10.5. The van der Waals surface area contributed by atoms with Gasteiger partial charge in [0.05, 0.1) is 6.07 Å². The van der Waals surface area contributed by atoms with Gasteiger partial charge in [0, 0.05) is 13.1 Å². The van der Waals surface area contributed by atoms with E-state index in [1.54, 1.807) is 13.1 Å². The first-order chi connectivity index (χ1) is 5.54. The Morgan fingerprint density at radius 2 is 2.08 bits per heavy atom. The number of sulfonamides is 1. The van der Waals surface area contributed by atoms with Crippen LogP contribution in [-0.4, -0.2) is 33.8 Å². The van der Waals surface area contributed by atoms with Gasteiger partial charge < -0.3 is 5.32 Å². The highest BCUT2D eigenvalue weighted by molar-refractivity contribution is 7.90. The molecule has 0 aromatic carbocycles. The van der Waals surface area contributed by atoms with Crippen molar-refractivity contribution in [2.24, 2.45) is 0 Å². The van der Waals surface area contributed by atoms with Gasteiger partial charge in [0.25, 0.3) is 0 Å². The highest BCUT2D eigenvalue weighted by Gasteiger charge is 2.18. The zero-order valence-electron chi connectivity index (χ0n) is 7.16. The zero-order valence-corrected chi connectivity index (χ0v) is 7.98. The Labute approximate surface area is 72.8 Å². The molecule has 0 aliphatic heterocycles. The molecule has 0 aliphatic carbocycles. The number of nitrogens with one attached hydrogen (secondary N) is 2. The van der Waals surface area contributed by atoms with Crippen LogP contribution in [0, 0.1) is 11.3 Å². The predicted octanol–water partition coefficient (Wildman–Crippen LogP) is -0.963. The van der Waals surface area contributed by atoms with E-state index in [9.17, 15) is 8.42 Å². The quantitative estimate of drug-likeness (QED) is 0.548. The Kier molecular flexibility index (Phi) is 4.81. The molecule has 0 amide bonds. The van der Waals surface area contributed by atoms with E-state index < -0.39 is 15.3 Å². The fraction of sp³-hybridized carbons (Fsp3) is 0.833. The highest BCUT2D eigenvalue weighted by Crippen LogP contribution is 1.94. The predicted molar refractivity (Wildman–Crippen MR) is 45.9 cm³/mol. The average molecular weight is 191 g/mol. The van der Waals surface area contributed by atoms with E-state index in [2.05, 4.69) is 10.0 Å². The third-order valence-corrected chi connectivity index (χ3v) is 2.97. The molecule has 0 aliphatic rings. The summed E-state index contributed by atoms with van der Waals surface area (Å²) >= 11 is 0. The average Bonchev–Trinajstić information content (AvgIpc) is 2.03. The summed E-state index contributed by atoms with van der Waals surface area (Å²) < 4.78 is 24.4. The molecule has 0 bridgehead atoms. The largest absolute Gasteiger partial charge is 0.318 e. The number of likely N-dealkylation sites (N-methyl/N-ethyl adjacent to an activating group) is 1. The lowest BCUT2D eigenvalue weighted by Crippen LogP contribution is -2.35. The van der Waals surface area contributed by atoms with Crippen LogP contribution in [0.2, 0.25) is 0 Å². The second kappa shape index (κ2) is 5.09. The monoisotopic (exact) mass is 191 g/mol. The lowest BCUT2D eigenvalue weighted by Gasteiger charge is -2.06. The van der Waals surface area contributed by atoms with Gasteiger partial charge in [-0.25, -0.2) is 13.1 Å². The molecule has 0 aromatic rings. The van der Waals surface area contributed by atoms with Crippen molar-refractivity contribution in [3.8, 4) is 6.07 Å². The normalized spacial score (nSPS) is 13.8. The maximum Gasteiger partial charge on any atom is 0.227 e. The summed E-state index contributed by atoms with van der Waals surface area (Å²) in [5, 5.41) is 10.1. The molecule has 0 rings (SSSR count). The molecule has 6 heteroatoms. The van der Waals surface area contributed by atoms with Crippen molar-refractivity contribution in [2.45, 2.75) is 12.2 Å². The van der Waals surface area contributed by atoms with Gasteiger partial charge in [-0.1, -0.05) is 0 Å². The lowest BCUT2D eigenvalue weighted by molar-refractivity contribution is 0.575. The van der Waals surface area contributed by atoms with Crippen molar-refractivity contribution in [2.75, 3.05) is 20.1 Å². The van der Waals surface area contributed by atoms with Gasteiger partial charge in [-0.2, -0.15) is 5.26 Å². The molecule has 0 radical (unpaired) electrons.